The molecule has 1 aromatic heterocycles. The fourth-order valence-electron chi connectivity index (χ4n) is 4.09. The molecule has 0 radical (unpaired) electrons. The number of carbonyl (C=O) groups is 2. The Hall–Kier alpha value is -4.63. The fourth-order valence-corrected chi connectivity index (χ4v) is 4.09. The first-order valence-corrected chi connectivity index (χ1v) is 12.4. The molecule has 0 bridgehead atoms. The molecule has 1 heterocycles. The normalized spacial score (nSPS) is 10.9. The van der Waals surface area contributed by atoms with Crippen LogP contribution in [0.5, 0.6) is 5.75 Å². The Morgan fingerprint density at radius 3 is 2.26 bits per heavy atom. The minimum Gasteiger partial charge on any atom is -0.550 e. The largest absolute Gasteiger partial charge is 0.550 e. The summed E-state index contributed by atoms with van der Waals surface area (Å²) in [5.41, 5.74) is 11.0. The van der Waals surface area contributed by atoms with Crippen molar-refractivity contribution in [2.75, 3.05) is 28.3 Å². The summed E-state index contributed by atoms with van der Waals surface area (Å²) in [6, 6.07) is 23.5. The van der Waals surface area contributed by atoms with Crippen LogP contribution in [0.4, 0.5) is 5.69 Å². The molecule has 4 aromatic rings. The van der Waals surface area contributed by atoms with Crippen LogP contribution in [0, 0.1) is 5.41 Å². The van der Waals surface area contributed by atoms with Crippen molar-refractivity contribution in [3.63, 3.8) is 0 Å². The third-order valence-electron chi connectivity index (χ3n) is 6.08. The van der Waals surface area contributed by atoms with Crippen molar-refractivity contribution in [1.82, 2.24) is 14.4 Å². The minimum absolute atomic E-state index is 0.0168. The lowest BCUT2D eigenvalue weighted by molar-refractivity contribution is -0.302. The first kappa shape index (κ1) is 28.9. The number of amides is 1. The van der Waals surface area contributed by atoms with Crippen LogP contribution >= 0.6 is 0 Å². The number of ether oxygens (including phenoxy) is 1. The number of benzene rings is 3. The number of nitrogens with two attached hydrogens (primary N) is 1. The number of aromatic nitrogens is 1. The van der Waals surface area contributed by atoms with E-state index in [1.54, 1.807) is 7.11 Å². The van der Waals surface area contributed by atoms with E-state index in [1.807, 2.05) is 65.2 Å². The number of nitrogens with zero attached hydrogens (tertiary/aromatic N) is 2. The maximum absolute atomic E-state index is 13.3. The zero-order chi connectivity index (χ0) is 28.7. The molecule has 4 rings (SSSR count). The van der Waals surface area contributed by atoms with Crippen molar-refractivity contribution >= 4 is 34.3 Å². The van der Waals surface area contributed by atoms with Gasteiger partial charge in [-0.25, -0.2) is 0 Å². The highest BCUT2D eigenvalue weighted by Crippen LogP contribution is 2.26. The Morgan fingerprint density at radius 1 is 1.00 bits per heavy atom. The third-order valence-corrected chi connectivity index (χ3v) is 6.08. The number of nitrogen functional groups attached to an aromatic ring is 1. The summed E-state index contributed by atoms with van der Waals surface area (Å²) in [4.78, 5) is 22.2. The van der Waals surface area contributed by atoms with Gasteiger partial charge in [0.15, 0.2) is 0 Å². The molecule has 0 saturated heterocycles. The lowest BCUT2D eigenvalue weighted by atomic mass is 10.1. The van der Waals surface area contributed by atoms with Crippen LogP contribution in [0.1, 0.15) is 34.1 Å². The van der Waals surface area contributed by atoms with Crippen molar-refractivity contribution in [2.45, 2.75) is 20.0 Å². The highest BCUT2D eigenvalue weighted by molar-refractivity contribution is 5.99. The summed E-state index contributed by atoms with van der Waals surface area (Å²) in [5, 5.41) is 20.6. The zero-order valence-electron chi connectivity index (χ0n) is 22.9. The quantitative estimate of drug-likeness (QED) is 0.183. The second kappa shape index (κ2) is 12.3. The third kappa shape index (κ3) is 7.68. The molecule has 0 aliphatic rings. The van der Waals surface area contributed by atoms with E-state index >= 15 is 0 Å². The molecule has 1 amide bonds. The summed E-state index contributed by atoms with van der Waals surface area (Å²) in [5.74, 6) is -0.487. The van der Waals surface area contributed by atoms with Crippen molar-refractivity contribution in [1.29, 1.82) is 5.41 Å². The van der Waals surface area contributed by atoms with Crippen LogP contribution in [0.3, 0.4) is 0 Å². The molecule has 0 aliphatic carbocycles. The average molecular weight is 530 g/mol. The van der Waals surface area contributed by atoms with Gasteiger partial charge in [0.25, 0.3) is 5.91 Å². The number of carboxylic acid groups (broad SMARTS) is 1. The van der Waals surface area contributed by atoms with E-state index < -0.39 is 5.97 Å². The summed E-state index contributed by atoms with van der Waals surface area (Å²) in [6.07, 6.45) is 0. The van der Waals surface area contributed by atoms with Crippen molar-refractivity contribution < 1.29 is 19.4 Å². The van der Waals surface area contributed by atoms with Gasteiger partial charge in [0, 0.05) is 35.5 Å². The average Bonchev–Trinajstić information content (AvgIpc) is 3.24. The molecule has 39 heavy (non-hydrogen) atoms. The summed E-state index contributed by atoms with van der Waals surface area (Å²) in [6.45, 7) is 1.87. The smallest absolute Gasteiger partial charge is 0.268 e. The van der Waals surface area contributed by atoms with Crippen molar-refractivity contribution in [3.05, 3.63) is 95.2 Å². The maximum Gasteiger partial charge on any atom is 0.268 e. The first-order chi connectivity index (χ1) is 18.4. The lowest BCUT2D eigenvalue weighted by Gasteiger charge is -2.23. The van der Waals surface area contributed by atoms with E-state index in [-0.39, 0.29) is 11.7 Å². The summed E-state index contributed by atoms with van der Waals surface area (Å²) in [7, 11) is 7.99. The standard InChI is InChI=1S/C28H31N5O2.C2H4O2/c1-33(2,3)23-10-8-19(9-11-23)17-31-28(34)26-16-22-15-24(35-4)12-13-25(22)32(26)18-20-6-5-7-21(14-20)27(29)30;1-2(3)4/h5-16H,17-18H2,1-4H3,(H3-,29,30,31,34);1H3,(H,3,4). The number of hydrogen-bond donors (Lipinski definition) is 3. The summed E-state index contributed by atoms with van der Waals surface area (Å²) < 4.78 is 8.11. The van der Waals surface area contributed by atoms with Crippen LogP contribution in [-0.2, 0) is 17.9 Å². The van der Waals surface area contributed by atoms with E-state index in [9.17, 15) is 4.79 Å². The van der Waals surface area contributed by atoms with Crippen LogP contribution in [-0.4, -0.2) is 50.5 Å². The molecule has 0 atom stereocenters. The number of methoxy groups -OCH3 is 1. The van der Waals surface area contributed by atoms with Crippen LogP contribution in [0.2, 0.25) is 0 Å². The van der Waals surface area contributed by atoms with E-state index in [0.717, 1.165) is 39.2 Å². The molecular formula is C30H35N5O4. The Balaban J connectivity index is 0.000000983. The van der Waals surface area contributed by atoms with Gasteiger partial charge in [0.05, 0.1) is 28.3 Å². The SMILES string of the molecule is CC(=O)[O-].COc1ccc2c(c1)cc(C(=O)NCc1ccc([N+](C)(C)C)cc1)n2Cc1cccc(C(=N)N)c1. The van der Waals surface area contributed by atoms with Gasteiger partial charge in [-0.1, -0.05) is 30.3 Å². The van der Waals surface area contributed by atoms with Crippen LogP contribution in [0.25, 0.3) is 10.9 Å². The number of carbonyl (C=O) groups excluding carboxylic acids is 2. The second-order valence-electron chi connectivity index (χ2n) is 10.0. The van der Waals surface area contributed by atoms with Gasteiger partial charge < -0.3 is 30.3 Å². The monoisotopic (exact) mass is 529 g/mol. The Labute approximate surface area is 228 Å². The topological polar surface area (TPSA) is 133 Å². The predicted octanol–water partition coefficient (Wildman–Crippen LogP) is 2.87. The lowest BCUT2D eigenvalue weighted by Crippen LogP contribution is -2.34. The van der Waals surface area contributed by atoms with Crippen LogP contribution in [0.15, 0.2) is 72.8 Å². The molecule has 0 aliphatic heterocycles. The van der Waals surface area contributed by atoms with Crippen molar-refractivity contribution in [3.8, 4) is 5.75 Å². The number of carboxylic acids is 1. The molecule has 204 valence electrons. The predicted molar refractivity (Wildman–Crippen MR) is 153 cm³/mol. The number of quaternary nitrogens is 1. The van der Waals surface area contributed by atoms with E-state index in [4.69, 9.17) is 25.8 Å². The molecule has 9 nitrogen and oxygen atoms in total. The maximum atomic E-state index is 13.3. The van der Waals surface area contributed by atoms with Gasteiger partial charge in [-0.15, -0.1) is 0 Å². The Bertz CT molecular complexity index is 1480. The van der Waals surface area contributed by atoms with Gasteiger partial charge in [-0.3, -0.25) is 14.7 Å². The van der Waals surface area contributed by atoms with Gasteiger partial charge in [0.1, 0.15) is 23.0 Å². The Morgan fingerprint density at radius 2 is 1.67 bits per heavy atom. The molecule has 9 heteroatoms. The van der Waals surface area contributed by atoms with Gasteiger partial charge in [-0.05, 0) is 60.5 Å². The molecular weight excluding hydrogens is 494 g/mol. The minimum atomic E-state index is -1.08. The van der Waals surface area contributed by atoms with Gasteiger partial charge in [0.2, 0.25) is 0 Å². The molecule has 4 N–H and O–H groups in total. The highest BCUT2D eigenvalue weighted by atomic mass is 16.5. The number of aliphatic carboxylic acids is 1. The first-order valence-electron chi connectivity index (χ1n) is 12.4. The van der Waals surface area contributed by atoms with Gasteiger partial charge >= 0.3 is 0 Å². The number of amidine groups is 1. The number of fused-ring (bicyclic) bond motifs is 1. The summed E-state index contributed by atoms with van der Waals surface area (Å²) >= 11 is 0. The van der Waals surface area contributed by atoms with E-state index in [2.05, 4.69) is 38.6 Å². The molecule has 0 fully saturated rings. The number of hydrogen-bond acceptors (Lipinski definition) is 5. The molecule has 0 saturated carbocycles. The Kier molecular flexibility index (Phi) is 9.11. The molecule has 3 aromatic carbocycles. The fraction of sp³-hybridized carbons (Fsp3) is 0.233. The van der Waals surface area contributed by atoms with E-state index in [1.165, 1.54) is 5.69 Å². The van der Waals surface area contributed by atoms with Crippen molar-refractivity contribution in [2.24, 2.45) is 5.73 Å². The zero-order valence-corrected chi connectivity index (χ0v) is 22.9. The van der Waals surface area contributed by atoms with Gasteiger partial charge in [-0.2, -0.15) is 0 Å². The van der Waals surface area contributed by atoms with Crippen LogP contribution < -0.4 is 25.4 Å². The molecule has 0 unspecified atom stereocenters. The number of rotatable bonds is 8. The van der Waals surface area contributed by atoms with E-state index in [0.29, 0.717) is 24.3 Å². The molecule has 0 spiro atoms. The highest BCUT2D eigenvalue weighted by Gasteiger charge is 2.17. The second-order valence-corrected chi connectivity index (χ2v) is 10.0. The number of nitrogens with one attached hydrogen (secondary N) is 2.